The number of nitrogens with one attached hydrogen (secondary N) is 1. The molecule has 0 fully saturated rings. The van der Waals surface area contributed by atoms with Crippen molar-refractivity contribution in [1.82, 2.24) is 9.88 Å². The van der Waals surface area contributed by atoms with Crippen LogP contribution in [-0.4, -0.2) is 9.67 Å². The van der Waals surface area contributed by atoms with E-state index in [4.69, 9.17) is 0 Å². The monoisotopic (exact) mass is 316 g/mol. The maximum absolute atomic E-state index is 10.1. The van der Waals surface area contributed by atoms with Crippen molar-refractivity contribution >= 4 is 6.08 Å². The first-order valence-corrected chi connectivity index (χ1v) is 8.18. The normalized spacial score (nSPS) is 15.8. The van der Waals surface area contributed by atoms with Crippen molar-refractivity contribution in [3.05, 3.63) is 89.4 Å². The molecule has 2 N–H and O–H groups in total. The highest BCUT2D eigenvalue weighted by atomic mass is 16.3. The zero-order chi connectivity index (χ0) is 16.5. The van der Waals surface area contributed by atoms with Gasteiger partial charge in [0.2, 0.25) is 0 Å². The van der Waals surface area contributed by atoms with Crippen LogP contribution in [-0.2, 0) is 6.54 Å². The lowest BCUT2D eigenvalue weighted by Gasteiger charge is -2.18. The molecule has 0 saturated carbocycles. The van der Waals surface area contributed by atoms with Gasteiger partial charge in [-0.05, 0) is 35.8 Å². The van der Waals surface area contributed by atoms with Gasteiger partial charge in [-0.25, -0.2) is 0 Å². The first kappa shape index (κ1) is 14.8. The highest BCUT2D eigenvalue weighted by Gasteiger charge is 2.20. The molecular formula is C21H20N2O. The lowest BCUT2D eigenvalue weighted by atomic mass is 9.99. The highest BCUT2D eigenvalue weighted by molar-refractivity contribution is 5.67. The van der Waals surface area contributed by atoms with E-state index in [9.17, 15) is 5.11 Å². The van der Waals surface area contributed by atoms with Crippen LogP contribution in [0.1, 0.15) is 28.7 Å². The molecule has 0 bridgehead atoms. The summed E-state index contributed by atoms with van der Waals surface area (Å²) >= 11 is 0. The Kier molecular flexibility index (Phi) is 3.71. The van der Waals surface area contributed by atoms with Crippen LogP contribution in [0.3, 0.4) is 0 Å². The largest absolute Gasteiger partial charge is 0.369 e. The Balaban J connectivity index is 1.77. The number of aryl methyl sites for hydroxylation is 1. The quantitative estimate of drug-likeness (QED) is 0.764. The smallest absolute Gasteiger partial charge is 0.152 e. The molecule has 3 aromatic rings. The van der Waals surface area contributed by atoms with Gasteiger partial charge in [0.15, 0.2) is 6.23 Å². The average molecular weight is 316 g/mol. The minimum Gasteiger partial charge on any atom is -0.369 e. The third-order valence-electron chi connectivity index (χ3n) is 4.60. The van der Waals surface area contributed by atoms with Gasteiger partial charge in [0.05, 0.1) is 5.69 Å². The fraction of sp³-hybridized carbons (Fsp3) is 0.143. The van der Waals surface area contributed by atoms with E-state index < -0.39 is 6.23 Å². The summed E-state index contributed by atoms with van der Waals surface area (Å²) in [6, 6.07) is 21.0. The van der Waals surface area contributed by atoms with Crippen LogP contribution >= 0.6 is 0 Å². The Morgan fingerprint density at radius 3 is 2.62 bits per heavy atom. The number of rotatable bonds is 3. The second-order valence-electron chi connectivity index (χ2n) is 6.14. The first-order chi connectivity index (χ1) is 11.7. The second-order valence-corrected chi connectivity index (χ2v) is 6.14. The molecule has 24 heavy (non-hydrogen) atoms. The fourth-order valence-electron chi connectivity index (χ4n) is 3.37. The maximum atomic E-state index is 10.1. The lowest BCUT2D eigenvalue weighted by molar-refractivity contribution is 0.154. The molecule has 2 heterocycles. The van der Waals surface area contributed by atoms with Crippen molar-refractivity contribution < 1.29 is 5.11 Å². The molecule has 1 atom stereocenters. The molecular weight excluding hydrogens is 296 g/mol. The summed E-state index contributed by atoms with van der Waals surface area (Å²) in [5, 5.41) is 13.1. The molecule has 0 spiro atoms. The predicted molar refractivity (Wildman–Crippen MR) is 97.3 cm³/mol. The summed E-state index contributed by atoms with van der Waals surface area (Å²) in [5.74, 6) is 0. The Morgan fingerprint density at radius 1 is 1.04 bits per heavy atom. The highest BCUT2D eigenvalue weighted by Crippen LogP contribution is 2.29. The third kappa shape index (κ3) is 2.53. The molecule has 1 aromatic heterocycles. The number of fused-ring (bicyclic) bond motifs is 1. The second kappa shape index (κ2) is 6.02. The molecule has 1 aliphatic rings. The van der Waals surface area contributed by atoms with Crippen LogP contribution in [0.25, 0.3) is 17.2 Å². The SMILES string of the molecule is Cc1cc2c(n1Cc1ccccc1-c1ccccc1)C=CNC2O. The van der Waals surface area contributed by atoms with E-state index in [1.807, 2.05) is 18.3 Å². The van der Waals surface area contributed by atoms with Crippen molar-refractivity contribution in [3.8, 4) is 11.1 Å². The van der Waals surface area contributed by atoms with Gasteiger partial charge in [0, 0.05) is 24.0 Å². The summed E-state index contributed by atoms with van der Waals surface area (Å²) in [6.45, 7) is 2.87. The van der Waals surface area contributed by atoms with Crippen molar-refractivity contribution in [1.29, 1.82) is 0 Å². The fourth-order valence-corrected chi connectivity index (χ4v) is 3.37. The molecule has 4 rings (SSSR count). The molecule has 3 heteroatoms. The lowest BCUT2D eigenvalue weighted by Crippen LogP contribution is -2.19. The standard InChI is InChI=1S/C21H20N2O/c1-15-13-19-20(11-12-22-21(19)24)23(15)14-17-9-5-6-10-18(17)16-7-3-2-4-8-16/h2-13,21-22,24H,14H2,1H3. The predicted octanol–water partition coefficient (Wildman–Crippen LogP) is 4.08. The number of aromatic nitrogens is 1. The van der Waals surface area contributed by atoms with Gasteiger partial charge in [0.1, 0.15) is 0 Å². The zero-order valence-corrected chi connectivity index (χ0v) is 13.6. The summed E-state index contributed by atoms with van der Waals surface area (Å²) in [7, 11) is 0. The van der Waals surface area contributed by atoms with Crippen molar-refractivity contribution in [2.45, 2.75) is 19.7 Å². The average Bonchev–Trinajstić information content (AvgIpc) is 2.94. The molecule has 1 aliphatic heterocycles. The minimum atomic E-state index is -0.630. The number of hydrogen-bond donors (Lipinski definition) is 2. The van der Waals surface area contributed by atoms with Crippen molar-refractivity contribution in [2.75, 3.05) is 0 Å². The molecule has 0 aliphatic carbocycles. The Morgan fingerprint density at radius 2 is 1.79 bits per heavy atom. The van der Waals surface area contributed by atoms with Crippen LogP contribution < -0.4 is 5.32 Å². The van der Waals surface area contributed by atoms with Crippen LogP contribution in [0, 0.1) is 6.92 Å². The summed E-state index contributed by atoms with van der Waals surface area (Å²) in [5.41, 5.74) is 6.90. The summed E-state index contributed by atoms with van der Waals surface area (Å²) in [6.07, 6.45) is 3.21. The minimum absolute atomic E-state index is 0.630. The number of aliphatic hydroxyl groups excluding tert-OH is 1. The molecule has 120 valence electrons. The zero-order valence-electron chi connectivity index (χ0n) is 13.6. The van der Waals surface area contributed by atoms with Gasteiger partial charge < -0.3 is 15.0 Å². The Hall–Kier alpha value is -2.78. The van der Waals surface area contributed by atoms with Gasteiger partial charge in [-0.3, -0.25) is 0 Å². The van der Waals surface area contributed by atoms with Crippen molar-refractivity contribution in [3.63, 3.8) is 0 Å². The van der Waals surface area contributed by atoms with E-state index in [1.165, 1.54) is 16.7 Å². The summed E-state index contributed by atoms with van der Waals surface area (Å²) < 4.78 is 2.26. The number of hydrogen-bond acceptors (Lipinski definition) is 2. The van der Waals surface area contributed by atoms with E-state index in [0.717, 1.165) is 23.5 Å². The van der Waals surface area contributed by atoms with E-state index >= 15 is 0 Å². The van der Waals surface area contributed by atoms with Crippen molar-refractivity contribution in [2.24, 2.45) is 0 Å². The van der Waals surface area contributed by atoms with Gasteiger partial charge in [-0.15, -0.1) is 0 Å². The number of benzene rings is 2. The van der Waals surface area contributed by atoms with Crippen LogP contribution in [0.4, 0.5) is 0 Å². The van der Waals surface area contributed by atoms with Gasteiger partial charge in [-0.2, -0.15) is 0 Å². The third-order valence-corrected chi connectivity index (χ3v) is 4.60. The Labute approximate surface area is 141 Å². The van der Waals surface area contributed by atoms with Gasteiger partial charge in [0.25, 0.3) is 0 Å². The molecule has 3 nitrogen and oxygen atoms in total. The number of aliphatic hydroxyl groups is 1. The maximum Gasteiger partial charge on any atom is 0.152 e. The molecule has 0 saturated heterocycles. The summed E-state index contributed by atoms with van der Waals surface area (Å²) in [4.78, 5) is 0. The van der Waals surface area contributed by atoms with Crippen LogP contribution in [0.2, 0.25) is 0 Å². The first-order valence-electron chi connectivity index (χ1n) is 8.18. The van der Waals surface area contributed by atoms with Crippen LogP contribution in [0.5, 0.6) is 0 Å². The van der Waals surface area contributed by atoms with E-state index in [2.05, 4.69) is 71.4 Å². The van der Waals surface area contributed by atoms with E-state index in [-0.39, 0.29) is 0 Å². The molecule has 2 aromatic carbocycles. The van der Waals surface area contributed by atoms with Crippen LogP contribution in [0.15, 0.2) is 66.9 Å². The van der Waals surface area contributed by atoms with Gasteiger partial charge >= 0.3 is 0 Å². The Bertz CT molecular complexity index is 893. The molecule has 0 radical (unpaired) electrons. The molecule has 1 unspecified atom stereocenters. The van der Waals surface area contributed by atoms with E-state index in [0.29, 0.717) is 0 Å². The number of nitrogens with zero attached hydrogens (tertiary/aromatic N) is 1. The topological polar surface area (TPSA) is 37.2 Å². The molecule has 0 amide bonds. The van der Waals surface area contributed by atoms with Gasteiger partial charge in [-0.1, -0.05) is 54.6 Å². The van der Waals surface area contributed by atoms with E-state index in [1.54, 1.807) is 0 Å².